The predicted molar refractivity (Wildman–Crippen MR) is 83.3 cm³/mol. The van der Waals surface area contributed by atoms with Gasteiger partial charge in [-0.15, -0.1) is 6.42 Å². The summed E-state index contributed by atoms with van der Waals surface area (Å²) in [6, 6.07) is 7.47. The molecule has 0 aromatic heterocycles. The van der Waals surface area contributed by atoms with E-state index < -0.39 is 5.97 Å². The van der Waals surface area contributed by atoms with E-state index in [1.807, 2.05) is 36.2 Å². The first kappa shape index (κ1) is 17.3. The second kappa shape index (κ2) is 9.19. The molecule has 0 fully saturated rings. The number of rotatable bonds is 8. The minimum Gasteiger partial charge on any atom is -0.478 e. The van der Waals surface area contributed by atoms with Gasteiger partial charge in [-0.3, -0.25) is 4.90 Å². The lowest BCUT2D eigenvalue weighted by molar-refractivity contribution is -0.131. The van der Waals surface area contributed by atoms with Gasteiger partial charge >= 0.3 is 5.97 Å². The Kier molecular flexibility index (Phi) is 7.55. The first-order valence-electron chi connectivity index (χ1n) is 6.41. The van der Waals surface area contributed by atoms with Crippen LogP contribution in [0, 0.1) is 12.3 Å². The summed E-state index contributed by atoms with van der Waals surface area (Å²) in [6.45, 7) is 1.13. The van der Waals surface area contributed by atoms with Crippen molar-refractivity contribution in [2.24, 2.45) is 0 Å². The van der Waals surface area contributed by atoms with Crippen LogP contribution in [0.4, 0.5) is 0 Å². The molecule has 0 radical (unpaired) electrons. The maximum Gasteiger partial charge on any atom is 0.328 e. The highest BCUT2D eigenvalue weighted by Crippen LogP contribution is 2.21. The Bertz CT molecular complexity index is 519. The van der Waals surface area contributed by atoms with E-state index >= 15 is 0 Å². The van der Waals surface area contributed by atoms with Gasteiger partial charge in [0, 0.05) is 11.1 Å². The Hall–Kier alpha value is -1.80. The number of benzene rings is 1. The minimum absolute atomic E-state index is 0.0171. The number of hydrogen-bond acceptors (Lipinski definition) is 3. The van der Waals surface area contributed by atoms with E-state index in [-0.39, 0.29) is 12.6 Å². The van der Waals surface area contributed by atoms with Crippen LogP contribution < -0.4 is 0 Å². The molecule has 21 heavy (non-hydrogen) atoms. The summed E-state index contributed by atoms with van der Waals surface area (Å²) in [7, 11) is 1.91. The highest BCUT2D eigenvalue weighted by Gasteiger charge is 2.16. The molecule has 0 aliphatic carbocycles. The molecule has 0 aliphatic heterocycles. The zero-order valence-electron chi connectivity index (χ0n) is 11.8. The number of likely N-dealkylation sites (N-methyl/N-ethyl adjacent to an activating group) is 1. The van der Waals surface area contributed by atoms with Crippen molar-refractivity contribution >= 4 is 17.6 Å². The van der Waals surface area contributed by atoms with Crippen molar-refractivity contribution in [2.45, 2.75) is 6.04 Å². The molecule has 0 amide bonds. The smallest absolute Gasteiger partial charge is 0.328 e. The topological polar surface area (TPSA) is 49.8 Å². The van der Waals surface area contributed by atoms with Crippen LogP contribution in [-0.2, 0) is 9.53 Å². The van der Waals surface area contributed by atoms with E-state index in [4.69, 9.17) is 27.9 Å². The molecule has 0 aliphatic rings. The maximum atomic E-state index is 10.4. The third-order valence-electron chi connectivity index (χ3n) is 2.88. The van der Waals surface area contributed by atoms with Gasteiger partial charge in [-0.05, 0) is 24.7 Å². The molecule has 0 saturated heterocycles. The van der Waals surface area contributed by atoms with Crippen LogP contribution in [0.15, 0.2) is 36.4 Å². The Morgan fingerprint density at radius 2 is 2.19 bits per heavy atom. The van der Waals surface area contributed by atoms with E-state index in [1.54, 1.807) is 0 Å². The minimum atomic E-state index is -0.989. The number of halogens is 1. The molecule has 0 heterocycles. The van der Waals surface area contributed by atoms with Crippen molar-refractivity contribution in [1.29, 1.82) is 0 Å². The lowest BCUT2D eigenvalue weighted by Gasteiger charge is -2.26. The summed E-state index contributed by atoms with van der Waals surface area (Å²) in [6.07, 6.45) is 7.87. The molecule has 0 bridgehead atoms. The lowest BCUT2D eigenvalue weighted by Crippen LogP contribution is -2.28. The Morgan fingerprint density at radius 1 is 1.52 bits per heavy atom. The molecule has 1 rings (SSSR count). The highest BCUT2D eigenvalue weighted by atomic mass is 35.5. The molecule has 1 aromatic rings. The Balaban J connectivity index is 2.67. The molecule has 1 atom stereocenters. The van der Waals surface area contributed by atoms with Gasteiger partial charge < -0.3 is 9.84 Å². The second-order valence-electron chi connectivity index (χ2n) is 4.46. The molecule has 0 saturated carbocycles. The molecule has 1 unspecified atom stereocenters. The van der Waals surface area contributed by atoms with Crippen molar-refractivity contribution < 1.29 is 14.6 Å². The lowest BCUT2D eigenvalue weighted by atomic mass is 10.1. The third-order valence-corrected chi connectivity index (χ3v) is 3.13. The van der Waals surface area contributed by atoms with Crippen molar-refractivity contribution in [3.05, 3.63) is 47.0 Å². The fourth-order valence-electron chi connectivity index (χ4n) is 1.81. The van der Waals surface area contributed by atoms with Crippen molar-refractivity contribution in [1.82, 2.24) is 4.90 Å². The standard InChI is InChI=1S/C16H18ClNO3/c1-3-10-18(2)15(12-21-11-4-5-16(19)20)13-6-8-14(17)9-7-13/h1,4-9,15H,10-12H2,2H3,(H,19,20)/b5-4+. The summed E-state index contributed by atoms with van der Waals surface area (Å²) in [5, 5.41) is 9.17. The van der Waals surface area contributed by atoms with Crippen molar-refractivity contribution in [2.75, 3.05) is 26.8 Å². The number of carboxylic acid groups (broad SMARTS) is 1. The molecular weight excluding hydrogens is 290 g/mol. The van der Waals surface area contributed by atoms with E-state index in [0.717, 1.165) is 11.6 Å². The molecule has 112 valence electrons. The van der Waals surface area contributed by atoms with Gasteiger partial charge in [0.25, 0.3) is 0 Å². The number of carbonyl (C=O) groups is 1. The van der Waals surface area contributed by atoms with Crippen molar-refractivity contribution in [3.8, 4) is 12.3 Å². The Labute approximate surface area is 130 Å². The molecular formula is C16H18ClNO3. The fraction of sp³-hybridized carbons (Fsp3) is 0.312. The summed E-state index contributed by atoms with van der Waals surface area (Å²) in [5.74, 6) is 1.61. The highest BCUT2D eigenvalue weighted by molar-refractivity contribution is 6.30. The van der Waals surface area contributed by atoms with E-state index in [0.29, 0.717) is 18.2 Å². The fourth-order valence-corrected chi connectivity index (χ4v) is 1.94. The van der Waals surface area contributed by atoms with E-state index in [9.17, 15) is 4.79 Å². The van der Waals surface area contributed by atoms with Crippen LogP contribution in [0.3, 0.4) is 0 Å². The quantitative estimate of drug-likeness (QED) is 0.456. The van der Waals surface area contributed by atoms with Crippen LogP contribution in [0.1, 0.15) is 11.6 Å². The van der Waals surface area contributed by atoms with Gasteiger partial charge in [-0.25, -0.2) is 4.79 Å². The zero-order chi connectivity index (χ0) is 15.7. The van der Waals surface area contributed by atoms with E-state index in [2.05, 4.69) is 5.92 Å². The number of ether oxygens (including phenoxy) is 1. The van der Waals surface area contributed by atoms with Gasteiger partial charge in [-0.1, -0.05) is 35.7 Å². The van der Waals surface area contributed by atoms with Crippen LogP contribution >= 0.6 is 11.6 Å². The van der Waals surface area contributed by atoms with Gasteiger partial charge in [0.2, 0.25) is 0 Å². The zero-order valence-corrected chi connectivity index (χ0v) is 12.6. The monoisotopic (exact) mass is 307 g/mol. The number of aliphatic carboxylic acids is 1. The van der Waals surface area contributed by atoms with Crippen LogP contribution in [0.5, 0.6) is 0 Å². The molecule has 0 spiro atoms. The normalized spacial score (nSPS) is 12.5. The van der Waals surface area contributed by atoms with Crippen LogP contribution in [0.25, 0.3) is 0 Å². The Morgan fingerprint density at radius 3 is 2.76 bits per heavy atom. The van der Waals surface area contributed by atoms with Crippen LogP contribution in [-0.4, -0.2) is 42.8 Å². The average molecular weight is 308 g/mol. The number of carboxylic acids is 1. The second-order valence-corrected chi connectivity index (χ2v) is 4.90. The first-order chi connectivity index (χ1) is 10.0. The first-order valence-corrected chi connectivity index (χ1v) is 6.78. The number of hydrogen-bond donors (Lipinski definition) is 1. The van der Waals surface area contributed by atoms with Crippen molar-refractivity contribution in [3.63, 3.8) is 0 Å². The van der Waals surface area contributed by atoms with Gasteiger partial charge in [0.05, 0.1) is 25.8 Å². The number of nitrogens with zero attached hydrogens (tertiary/aromatic N) is 1. The SMILES string of the molecule is C#CCN(C)C(COC/C=C/C(=O)O)c1ccc(Cl)cc1. The van der Waals surface area contributed by atoms with Gasteiger partial charge in [0.15, 0.2) is 0 Å². The van der Waals surface area contributed by atoms with Gasteiger partial charge in [-0.2, -0.15) is 0 Å². The molecule has 4 nitrogen and oxygen atoms in total. The summed E-state index contributed by atoms with van der Waals surface area (Å²) < 4.78 is 5.50. The summed E-state index contributed by atoms with van der Waals surface area (Å²) in [5.41, 5.74) is 1.04. The van der Waals surface area contributed by atoms with Gasteiger partial charge in [0.1, 0.15) is 0 Å². The largest absolute Gasteiger partial charge is 0.478 e. The summed E-state index contributed by atoms with van der Waals surface area (Å²) >= 11 is 5.89. The molecule has 1 aromatic carbocycles. The average Bonchev–Trinajstić information content (AvgIpc) is 2.44. The molecule has 5 heteroatoms. The molecule has 1 N–H and O–H groups in total. The van der Waals surface area contributed by atoms with E-state index in [1.165, 1.54) is 6.08 Å². The maximum absolute atomic E-state index is 10.4. The van der Waals surface area contributed by atoms with Crippen LogP contribution in [0.2, 0.25) is 5.02 Å². The third kappa shape index (κ3) is 6.46. The summed E-state index contributed by atoms with van der Waals surface area (Å²) in [4.78, 5) is 12.3. The predicted octanol–water partition coefficient (Wildman–Crippen LogP) is 2.60. The number of terminal acetylenes is 1.